The first-order valence-corrected chi connectivity index (χ1v) is 5.68. The van der Waals surface area contributed by atoms with Crippen molar-refractivity contribution in [3.63, 3.8) is 0 Å². The lowest BCUT2D eigenvalue weighted by atomic mass is 9.95. The van der Waals surface area contributed by atoms with Crippen molar-refractivity contribution in [1.82, 2.24) is 10.4 Å². The lowest BCUT2D eigenvalue weighted by Gasteiger charge is -2.26. The SMILES string of the molecule is CCOC(=O)NN(C(=O)OCC)C(=O)C(C)(C)C. The van der Waals surface area contributed by atoms with E-state index in [1.165, 1.54) is 0 Å². The Bertz CT molecular complexity index is 322. The number of nitrogens with zero attached hydrogens (tertiary/aromatic N) is 1. The first-order chi connectivity index (χ1) is 8.23. The highest BCUT2D eigenvalue weighted by molar-refractivity contribution is 5.96. The molecule has 0 saturated carbocycles. The van der Waals surface area contributed by atoms with Gasteiger partial charge in [0, 0.05) is 5.41 Å². The Morgan fingerprint density at radius 2 is 1.56 bits per heavy atom. The number of hydrazine groups is 1. The minimum Gasteiger partial charge on any atom is -0.449 e. The summed E-state index contributed by atoms with van der Waals surface area (Å²) in [6.45, 7) is 8.29. The Labute approximate surface area is 106 Å². The van der Waals surface area contributed by atoms with Crippen LogP contribution in [-0.2, 0) is 14.3 Å². The summed E-state index contributed by atoms with van der Waals surface area (Å²) in [6, 6.07) is 0. The molecule has 0 aliphatic carbocycles. The second-order valence-corrected chi connectivity index (χ2v) is 4.42. The Balaban J connectivity index is 4.89. The first-order valence-electron chi connectivity index (χ1n) is 5.68. The van der Waals surface area contributed by atoms with E-state index in [1.54, 1.807) is 34.6 Å². The molecule has 0 aliphatic rings. The van der Waals surface area contributed by atoms with Gasteiger partial charge in [-0.15, -0.1) is 5.01 Å². The van der Waals surface area contributed by atoms with Gasteiger partial charge in [-0.1, -0.05) is 20.8 Å². The normalized spacial score (nSPS) is 10.5. The van der Waals surface area contributed by atoms with Crippen molar-refractivity contribution in [3.05, 3.63) is 0 Å². The Morgan fingerprint density at radius 3 is 1.94 bits per heavy atom. The summed E-state index contributed by atoms with van der Waals surface area (Å²) >= 11 is 0. The van der Waals surface area contributed by atoms with Gasteiger partial charge in [0.05, 0.1) is 13.2 Å². The number of ether oxygens (including phenoxy) is 2. The fraction of sp³-hybridized carbons (Fsp3) is 0.727. The largest absolute Gasteiger partial charge is 0.449 e. The number of hydrogen-bond donors (Lipinski definition) is 1. The third-order valence-corrected chi connectivity index (χ3v) is 1.77. The van der Waals surface area contributed by atoms with E-state index in [4.69, 9.17) is 4.74 Å². The lowest BCUT2D eigenvalue weighted by molar-refractivity contribution is -0.140. The Hall–Kier alpha value is -1.79. The number of imide groups is 1. The molecule has 18 heavy (non-hydrogen) atoms. The molecule has 0 aromatic heterocycles. The summed E-state index contributed by atoms with van der Waals surface area (Å²) < 4.78 is 9.31. The summed E-state index contributed by atoms with van der Waals surface area (Å²) in [7, 11) is 0. The third kappa shape index (κ3) is 5.03. The summed E-state index contributed by atoms with van der Waals surface area (Å²) in [4.78, 5) is 34.8. The smallest absolute Gasteiger partial charge is 0.436 e. The highest BCUT2D eigenvalue weighted by Gasteiger charge is 2.34. The molecule has 0 rings (SSSR count). The Morgan fingerprint density at radius 1 is 1.06 bits per heavy atom. The zero-order chi connectivity index (χ0) is 14.3. The summed E-state index contributed by atoms with van der Waals surface area (Å²) in [6.07, 6.45) is -1.83. The zero-order valence-electron chi connectivity index (χ0n) is 11.4. The second kappa shape index (κ2) is 6.83. The molecule has 0 radical (unpaired) electrons. The van der Waals surface area contributed by atoms with Crippen LogP contribution in [0.25, 0.3) is 0 Å². The van der Waals surface area contributed by atoms with Gasteiger partial charge in [0.2, 0.25) is 0 Å². The molecule has 0 aromatic carbocycles. The molecule has 0 bridgehead atoms. The molecule has 0 saturated heterocycles. The van der Waals surface area contributed by atoms with Crippen LogP contribution in [0, 0.1) is 5.41 Å². The van der Waals surface area contributed by atoms with Crippen LogP contribution in [-0.4, -0.2) is 36.3 Å². The van der Waals surface area contributed by atoms with Crippen LogP contribution in [0.3, 0.4) is 0 Å². The fourth-order valence-corrected chi connectivity index (χ4v) is 0.957. The van der Waals surface area contributed by atoms with E-state index in [2.05, 4.69) is 10.2 Å². The fourth-order valence-electron chi connectivity index (χ4n) is 0.957. The summed E-state index contributed by atoms with van der Waals surface area (Å²) in [5, 5.41) is 0.529. The maximum atomic E-state index is 12.0. The van der Waals surface area contributed by atoms with E-state index in [0.29, 0.717) is 5.01 Å². The highest BCUT2D eigenvalue weighted by atomic mass is 16.6. The minimum absolute atomic E-state index is 0.0945. The van der Waals surface area contributed by atoms with Crippen LogP contribution in [0.15, 0.2) is 0 Å². The summed E-state index contributed by atoms with van der Waals surface area (Å²) in [5.41, 5.74) is 1.22. The molecule has 7 nitrogen and oxygen atoms in total. The molecule has 1 N–H and O–H groups in total. The van der Waals surface area contributed by atoms with Crippen LogP contribution in [0.2, 0.25) is 0 Å². The number of nitrogens with one attached hydrogen (secondary N) is 1. The standard InChI is InChI=1S/C11H20N2O5/c1-6-17-9(15)12-13(10(16)18-7-2)8(14)11(3,4)5/h6-7H2,1-5H3,(H,12,15). The average Bonchev–Trinajstić information content (AvgIpc) is 2.24. The number of carbonyl (C=O) groups excluding carboxylic acids is 3. The van der Waals surface area contributed by atoms with E-state index < -0.39 is 23.5 Å². The maximum Gasteiger partial charge on any atom is 0.436 e. The third-order valence-electron chi connectivity index (χ3n) is 1.77. The molecule has 0 aliphatic heterocycles. The number of rotatable bonds is 2. The molecule has 0 unspecified atom stereocenters. The topological polar surface area (TPSA) is 84.9 Å². The van der Waals surface area contributed by atoms with Gasteiger partial charge in [-0.05, 0) is 13.8 Å². The van der Waals surface area contributed by atoms with Crippen LogP contribution in [0.5, 0.6) is 0 Å². The molecular formula is C11H20N2O5. The molecule has 3 amide bonds. The molecule has 7 heteroatoms. The van der Waals surface area contributed by atoms with Gasteiger partial charge in [0.1, 0.15) is 0 Å². The number of amides is 3. The predicted molar refractivity (Wildman–Crippen MR) is 63.5 cm³/mol. The van der Waals surface area contributed by atoms with Crippen LogP contribution in [0.4, 0.5) is 9.59 Å². The highest BCUT2D eigenvalue weighted by Crippen LogP contribution is 2.17. The second-order valence-electron chi connectivity index (χ2n) is 4.42. The number of hydrogen-bond acceptors (Lipinski definition) is 5. The van der Waals surface area contributed by atoms with Crippen LogP contribution < -0.4 is 5.43 Å². The number of carbonyl (C=O) groups is 3. The van der Waals surface area contributed by atoms with Gasteiger partial charge in [-0.2, -0.15) is 0 Å². The van der Waals surface area contributed by atoms with Crippen molar-refractivity contribution in [2.24, 2.45) is 5.41 Å². The van der Waals surface area contributed by atoms with E-state index in [9.17, 15) is 14.4 Å². The van der Waals surface area contributed by atoms with Crippen molar-refractivity contribution >= 4 is 18.1 Å². The predicted octanol–water partition coefficient (Wildman–Crippen LogP) is 1.68. The molecule has 0 fully saturated rings. The maximum absolute atomic E-state index is 12.0. The first kappa shape index (κ1) is 16.2. The van der Waals surface area contributed by atoms with E-state index >= 15 is 0 Å². The van der Waals surface area contributed by atoms with Crippen LogP contribution in [0.1, 0.15) is 34.6 Å². The van der Waals surface area contributed by atoms with Gasteiger partial charge in [-0.3, -0.25) is 4.79 Å². The van der Waals surface area contributed by atoms with Crippen molar-refractivity contribution in [1.29, 1.82) is 0 Å². The van der Waals surface area contributed by atoms with E-state index in [0.717, 1.165) is 0 Å². The average molecular weight is 260 g/mol. The van der Waals surface area contributed by atoms with Gasteiger partial charge in [0.25, 0.3) is 5.91 Å². The van der Waals surface area contributed by atoms with Crippen LogP contribution >= 0.6 is 0 Å². The van der Waals surface area contributed by atoms with Gasteiger partial charge in [-0.25, -0.2) is 15.0 Å². The Kier molecular flexibility index (Phi) is 6.15. The van der Waals surface area contributed by atoms with Crippen molar-refractivity contribution in [2.45, 2.75) is 34.6 Å². The summed E-state index contributed by atoms with van der Waals surface area (Å²) in [5.74, 6) is -0.589. The van der Waals surface area contributed by atoms with Gasteiger partial charge < -0.3 is 9.47 Å². The zero-order valence-corrected chi connectivity index (χ0v) is 11.4. The minimum atomic E-state index is -0.939. The van der Waals surface area contributed by atoms with Crippen molar-refractivity contribution < 1.29 is 23.9 Å². The van der Waals surface area contributed by atoms with Gasteiger partial charge in [0.15, 0.2) is 0 Å². The molecule has 0 aromatic rings. The molecular weight excluding hydrogens is 240 g/mol. The quantitative estimate of drug-likeness (QED) is 0.763. The molecule has 0 spiro atoms. The molecule has 0 atom stereocenters. The molecule has 0 heterocycles. The lowest BCUT2D eigenvalue weighted by Crippen LogP contribution is -2.53. The van der Waals surface area contributed by atoms with Crippen molar-refractivity contribution in [3.8, 4) is 0 Å². The molecule has 104 valence electrons. The van der Waals surface area contributed by atoms with Gasteiger partial charge >= 0.3 is 12.2 Å². The van der Waals surface area contributed by atoms with E-state index in [1.807, 2.05) is 0 Å². The van der Waals surface area contributed by atoms with Crippen molar-refractivity contribution in [2.75, 3.05) is 13.2 Å². The van der Waals surface area contributed by atoms with E-state index in [-0.39, 0.29) is 13.2 Å². The monoisotopic (exact) mass is 260 g/mol.